The van der Waals surface area contributed by atoms with Crippen LogP contribution in [-0.2, 0) is 0 Å². The number of hydrogen-bond donors (Lipinski definition) is 0. The van der Waals surface area contributed by atoms with Crippen molar-refractivity contribution in [2.75, 3.05) is 0 Å². The van der Waals surface area contributed by atoms with Crippen molar-refractivity contribution in [2.24, 2.45) is 0 Å². The van der Waals surface area contributed by atoms with Gasteiger partial charge in [0.25, 0.3) is 5.69 Å². The second kappa shape index (κ2) is 5.54. The lowest BCUT2D eigenvalue weighted by Crippen LogP contribution is -1.90. The van der Waals surface area contributed by atoms with Gasteiger partial charge in [0.1, 0.15) is 0 Å². The van der Waals surface area contributed by atoms with Crippen LogP contribution >= 0.6 is 0 Å². The summed E-state index contributed by atoms with van der Waals surface area (Å²) >= 11 is 0. The van der Waals surface area contributed by atoms with Crippen LogP contribution in [0.2, 0.25) is 0 Å². The molecule has 0 spiro atoms. The van der Waals surface area contributed by atoms with E-state index < -0.39 is 0 Å². The maximum Gasteiger partial charge on any atom is 0.276 e. The lowest BCUT2D eigenvalue weighted by Gasteiger charge is -2.01. The van der Waals surface area contributed by atoms with Crippen molar-refractivity contribution >= 4 is 28.7 Å². The predicted molar refractivity (Wildman–Crippen MR) is 83.8 cm³/mol. The molecule has 3 aromatic rings. The Morgan fingerprint density at radius 1 is 0.905 bits per heavy atom. The summed E-state index contributed by atoms with van der Waals surface area (Å²) < 4.78 is 0. The van der Waals surface area contributed by atoms with Gasteiger partial charge in [-0.2, -0.15) is 0 Å². The minimum atomic E-state index is -0.371. The van der Waals surface area contributed by atoms with Crippen molar-refractivity contribution in [1.82, 2.24) is 4.98 Å². The zero-order valence-electron chi connectivity index (χ0n) is 11.1. The Bertz CT molecular complexity index is 836. The maximum atomic E-state index is 11.0. The molecule has 0 saturated carbocycles. The molecule has 0 atom stereocenters. The van der Waals surface area contributed by atoms with E-state index in [0.29, 0.717) is 5.56 Å². The van der Waals surface area contributed by atoms with Gasteiger partial charge in [0.15, 0.2) is 0 Å². The van der Waals surface area contributed by atoms with E-state index >= 15 is 0 Å². The van der Waals surface area contributed by atoms with E-state index in [-0.39, 0.29) is 10.6 Å². The number of nitro groups is 1. The van der Waals surface area contributed by atoms with Crippen LogP contribution in [0.5, 0.6) is 0 Å². The molecule has 0 aliphatic heterocycles. The summed E-state index contributed by atoms with van der Waals surface area (Å²) in [6.45, 7) is 0. The molecular weight excluding hydrogens is 264 g/mol. The summed E-state index contributed by atoms with van der Waals surface area (Å²) in [7, 11) is 0. The van der Waals surface area contributed by atoms with E-state index in [1.165, 1.54) is 6.07 Å². The van der Waals surface area contributed by atoms with Crippen LogP contribution in [0.3, 0.4) is 0 Å². The Labute approximate surface area is 121 Å². The molecule has 1 heterocycles. The van der Waals surface area contributed by atoms with Crippen LogP contribution in [0.15, 0.2) is 60.8 Å². The summed E-state index contributed by atoms with van der Waals surface area (Å²) in [5, 5.41) is 12.0. The third-order valence-electron chi connectivity index (χ3n) is 3.26. The highest BCUT2D eigenvalue weighted by atomic mass is 16.6. The highest BCUT2D eigenvalue weighted by Gasteiger charge is 2.09. The molecule has 0 unspecified atom stereocenters. The number of nitrogens with zero attached hydrogens (tertiary/aromatic N) is 2. The molecule has 4 heteroatoms. The first-order valence-corrected chi connectivity index (χ1v) is 6.51. The molecule has 2 aromatic carbocycles. The SMILES string of the molecule is O=[N+]([O-])c1ccccc1/C=C/c1ccnc2ccccc12. The van der Waals surface area contributed by atoms with Crippen molar-refractivity contribution in [3.05, 3.63) is 82.0 Å². The minimum absolute atomic E-state index is 0.104. The van der Waals surface area contributed by atoms with Crippen LogP contribution in [0.1, 0.15) is 11.1 Å². The van der Waals surface area contributed by atoms with Crippen molar-refractivity contribution < 1.29 is 4.92 Å². The van der Waals surface area contributed by atoms with Gasteiger partial charge in [-0.1, -0.05) is 36.4 Å². The van der Waals surface area contributed by atoms with Gasteiger partial charge in [0.2, 0.25) is 0 Å². The van der Waals surface area contributed by atoms with Crippen molar-refractivity contribution in [1.29, 1.82) is 0 Å². The summed E-state index contributed by atoms with van der Waals surface area (Å²) in [5.41, 5.74) is 2.58. The number of nitro benzene ring substituents is 1. The molecule has 0 bridgehead atoms. The van der Waals surface area contributed by atoms with Crippen LogP contribution < -0.4 is 0 Å². The normalized spacial score (nSPS) is 11.0. The van der Waals surface area contributed by atoms with E-state index in [4.69, 9.17) is 0 Å². The second-order valence-electron chi connectivity index (χ2n) is 4.57. The second-order valence-corrected chi connectivity index (χ2v) is 4.57. The van der Waals surface area contributed by atoms with Gasteiger partial charge in [-0.15, -0.1) is 0 Å². The largest absolute Gasteiger partial charge is 0.276 e. The topological polar surface area (TPSA) is 56.0 Å². The van der Waals surface area contributed by atoms with Gasteiger partial charge < -0.3 is 0 Å². The Morgan fingerprint density at radius 3 is 2.48 bits per heavy atom. The summed E-state index contributed by atoms with van der Waals surface area (Å²) in [4.78, 5) is 14.9. The molecule has 4 nitrogen and oxygen atoms in total. The van der Waals surface area contributed by atoms with Gasteiger partial charge in [-0.05, 0) is 29.8 Å². The molecule has 0 amide bonds. The summed E-state index contributed by atoms with van der Waals surface area (Å²) in [6, 6.07) is 16.4. The van der Waals surface area contributed by atoms with Gasteiger partial charge in [0.05, 0.1) is 16.0 Å². The van der Waals surface area contributed by atoms with Gasteiger partial charge >= 0.3 is 0 Å². The molecule has 0 aliphatic carbocycles. The highest BCUT2D eigenvalue weighted by Crippen LogP contribution is 2.22. The fourth-order valence-corrected chi connectivity index (χ4v) is 2.24. The first kappa shape index (κ1) is 13.0. The predicted octanol–water partition coefficient (Wildman–Crippen LogP) is 4.31. The summed E-state index contributed by atoms with van der Waals surface area (Å²) in [6.07, 6.45) is 5.38. The molecule has 0 fully saturated rings. The van der Waals surface area contributed by atoms with E-state index in [1.54, 1.807) is 30.5 Å². The van der Waals surface area contributed by atoms with Gasteiger partial charge in [0, 0.05) is 17.6 Å². The van der Waals surface area contributed by atoms with Crippen molar-refractivity contribution in [3.8, 4) is 0 Å². The Morgan fingerprint density at radius 2 is 1.62 bits per heavy atom. The van der Waals surface area contributed by atoms with E-state index in [9.17, 15) is 10.1 Å². The number of para-hydroxylation sites is 2. The Balaban J connectivity index is 2.05. The van der Waals surface area contributed by atoms with Crippen LogP contribution in [0, 0.1) is 10.1 Å². The fraction of sp³-hybridized carbons (Fsp3) is 0. The lowest BCUT2D eigenvalue weighted by atomic mass is 10.1. The first-order chi connectivity index (χ1) is 10.3. The number of rotatable bonds is 3. The van der Waals surface area contributed by atoms with E-state index in [0.717, 1.165) is 16.5 Å². The first-order valence-electron chi connectivity index (χ1n) is 6.51. The third kappa shape index (κ3) is 2.65. The molecule has 21 heavy (non-hydrogen) atoms. The number of fused-ring (bicyclic) bond motifs is 1. The van der Waals surface area contributed by atoms with Crippen molar-refractivity contribution in [3.63, 3.8) is 0 Å². The number of benzene rings is 2. The molecule has 0 radical (unpaired) electrons. The van der Waals surface area contributed by atoms with Crippen molar-refractivity contribution in [2.45, 2.75) is 0 Å². The molecule has 1 aromatic heterocycles. The van der Waals surface area contributed by atoms with Gasteiger partial charge in [-0.3, -0.25) is 15.1 Å². The molecular formula is C17H12N2O2. The molecule has 0 N–H and O–H groups in total. The average molecular weight is 276 g/mol. The Hall–Kier alpha value is -3.01. The Kier molecular flexibility index (Phi) is 3.43. The monoisotopic (exact) mass is 276 g/mol. The lowest BCUT2D eigenvalue weighted by molar-refractivity contribution is -0.385. The van der Waals surface area contributed by atoms with Crippen LogP contribution in [-0.4, -0.2) is 9.91 Å². The standard InChI is InChI=1S/C17H12N2O2/c20-19(21)17-8-4-1-5-14(17)10-9-13-11-12-18-16-7-3-2-6-15(13)16/h1-12H/b10-9+. The number of aromatic nitrogens is 1. The smallest absolute Gasteiger partial charge is 0.258 e. The number of pyridine rings is 1. The molecule has 3 rings (SSSR count). The minimum Gasteiger partial charge on any atom is -0.258 e. The fourth-order valence-electron chi connectivity index (χ4n) is 2.24. The molecule has 102 valence electrons. The highest BCUT2D eigenvalue weighted by molar-refractivity contribution is 5.90. The quantitative estimate of drug-likeness (QED) is 0.529. The molecule has 0 aliphatic rings. The van der Waals surface area contributed by atoms with Crippen LogP contribution in [0.25, 0.3) is 23.1 Å². The third-order valence-corrected chi connectivity index (χ3v) is 3.26. The van der Waals surface area contributed by atoms with E-state index in [2.05, 4.69) is 4.98 Å². The average Bonchev–Trinajstić information content (AvgIpc) is 2.53. The van der Waals surface area contributed by atoms with E-state index in [1.807, 2.05) is 36.4 Å². The molecule has 0 saturated heterocycles. The maximum absolute atomic E-state index is 11.0. The van der Waals surface area contributed by atoms with Crippen LogP contribution in [0.4, 0.5) is 5.69 Å². The summed E-state index contributed by atoms with van der Waals surface area (Å²) in [5.74, 6) is 0. The zero-order chi connectivity index (χ0) is 14.7. The number of hydrogen-bond acceptors (Lipinski definition) is 3. The van der Waals surface area contributed by atoms with Gasteiger partial charge in [-0.25, -0.2) is 0 Å². The zero-order valence-corrected chi connectivity index (χ0v) is 11.1.